The Labute approximate surface area is 115 Å². The van der Waals surface area contributed by atoms with Gasteiger partial charge in [-0.25, -0.2) is 0 Å². The Bertz CT molecular complexity index is 422. The van der Waals surface area contributed by atoms with Crippen LogP contribution in [0.4, 0.5) is 0 Å². The van der Waals surface area contributed by atoms with Crippen molar-refractivity contribution in [3.05, 3.63) is 35.9 Å². The SMILES string of the molecule is CCC(N)(CC)C(=O)NC(c1ccccc1)C1CC1. The third kappa shape index (κ3) is 3.16. The fourth-order valence-electron chi connectivity index (χ4n) is 2.42. The van der Waals surface area contributed by atoms with Crippen molar-refractivity contribution < 1.29 is 4.79 Å². The molecule has 19 heavy (non-hydrogen) atoms. The first-order chi connectivity index (χ1) is 9.10. The third-order valence-electron chi connectivity index (χ3n) is 4.25. The van der Waals surface area contributed by atoms with E-state index in [2.05, 4.69) is 17.4 Å². The molecule has 3 heteroatoms. The van der Waals surface area contributed by atoms with Gasteiger partial charge < -0.3 is 11.1 Å². The minimum Gasteiger partial charge on any atom is -0.347 e. The fourth-order valence-corrected chi connectivity index (χ4v) is 2.42. The maximum atomic E-state index is 12.4. The molecular formula is C16H24N2O. The number of amides is 1. The van der Waals surface area contributed by atoms with Crippen LogP contribution in [0.25, 0.3) is 0 Å². The van der Waals surface area contributed by atoms with Crippen LogP contribution in [0.1, 0.15) is 51.1 Å². The van der Waals surface area contributed by atoms with E-state index in [4.69, 9.17) is 5.73 Å². The summed E-state index contributed by atoms with van der Waals surface area (Å²) >= 11 is 0. The van der Waals surface area contributed by atoms with Gasteiger partial charge in [0.2, 0.25) is 5.91 Å². The molecule has 2 rings (SSSR count). The topological polar surface area (TPSA) is 55.1 Å². The summed E-state index contributed by atoms with van der Waals surface area (Å²) in [4.78, 5) is 12.4. The van der Waals surface area contributed by atoms with Gasteiger partial charge in [0, 0.05) is 0 Å². The van der Waals surface area contributed by atoms with Crippen molar-refractivity contribution in [1.82, 2.24) is 5.32 Å². The van der Waals surface area contributed by atoms with Crippen molar-refractivity contribution in [1.29, 1.82) is 0 Å². The zero-order valence-corrected chi connectivity index (χ0v) is 11.9. The highest BCUT2D eigenvalue weighted by molar-refractivity contribution is 5.86. The standard InChI is InChI=1S/C16H24N2O/c1-3-16(17,4-2)15(19)18-14(13-10-11-13)12-8-6-5-7-9-12/h5-9,13-14H,3-4,10-11,17H2,1-2H3,(H,18,19). The van der Waals surface area contributed by atoms with E-state index in [-0.39, 0.29) is 11.9 Å². The van der Waals surface area contributed by atoms with Gasteiger partial charge >= 0.3 is 0 Å². The average molecular weight is 260 g/mol. The predicted molar refractivity (Wildman–Crippen MR) is 77.6 cm³/mol. The normalized spacial score (nSPS) is 17.0. The monoisotopic (exact) mass is 260 g/mol. The van der Waals surface area contributed by atoms with E-state index in [9.17, 15) is 4.79 Å². The number of benzene rings is 1. The number of rotatable bonds is 6. The van der Waals surface area contributed by atoms with Crippen LogP contribution in [0.15, 0.2) is 30.3 Å². The van der Waals surface area contributed by atoms with E-state index in [0.29, 0.717) is 18.8 Å². The molecule has 1 aliphatic rings. The first-order valence-electron chi connectivity index (χ1n) is 7.25. The summed E-state index contributed by atoms with van der Waals surface area (Å²) < 4.78 is 0. The Kier molecular flexibility index (Phi) is 4.25. The van der Waals surface area contributed by atoms with Crippen molar-refractivity contribution in [2.75, 3.05) is 0 Å². The van der Waals surface area contributed by atoms with Gasteiger partial charge in [-0.3, -0.25) is 4.79 Å². The van der Waals surface area contributed by atoms with Crippen LogP contribution in [0.2, 0.25) is 0 Å². The van der Waals surface area contributed by atoms with Crippen molar-refractivity contribution in [3.8, 4) is 0 Å². The number of carbonyl (C=O) groups excluding carboxylic acids is 1. The minimum absolute atomic E-state index is 0.0155. The Morgan fingerprint density at radius 1 is 1.32 bits per heavy atom. The smallest absolute Gasteiger partial charge is 0.240 e. The first kappa shape index (κ1) is 14.1. The van der Waals surface area contributed by atoms with Gasteiger partial charge in [0.15, 0.2) is 0 Å². The molecule has 104 valence electrons. The lowest BCUT2D eigenvalue weighted by molar-refractivity contribution is -0.127. The molecule has 0 aliphatic heterocycles. The summed E-state index contributed by atoms with van der Waals surface area (Å²) in [7, 11) is 0. The largest absolute Gasteiger partial charge is 0.347 e. The molecule has 0 aromatic heterocycles. The van der Waals surface area contributed by atoms with Crippen LogP contribution in [-0.2, 0) is 4.79 Å². The summed E-state index contributed by atoms with van der Waals surface area (Å²) in [6.07, 6.45) is 3.72. The lowest BCUT2D eigenvalue weighted by atomic mass is 9.91. The lowest BCUT2D eigenvalue weighted by Gasteiger charge is -2.29. The van der Waals surface area contributed by atoms with Crippen LogP contribution in [0.5, 0.6) is 0 Å². The van der Waals surface area contributed by atoms with Gasteiger partial charge in [-0.1, -0.05) is 44.2 Å². The molecule has 1 aliphatic carbocycles. The third-order valence-corrected chi connectivity index (χ3v) is 4.25. The van der Waals surface area contributed by atoms with Gasteiger partial charge in [-0.05, 0) is 37.2 Å². The molecule has 1 saturated carbocycles. The molecule has 0 radical (unpaired) electrons. The zero-order chi connectivity index (χ0) is 13.9. The molecule has 0 bridgehead atoms. The van der Waals surface area contributed by atoms with Crippen molar-refractivity contribution in [3.63, 3.8) is 0 Å². The highest BCUT2D eigenvalue weighted by Gasteiger charge is 2.37. The molecule has 3 N–H and O–H groups in total. The van der Waals surface area contributed by atoms with Crippen LogP contribution >= 0.6 is 0 Å². The Morgan fingerprint density at radius 2 is 1.89 bits per heavy atom. The minimum atomic E-state index is -0.734. The first-order valence-corrected chi connectivity index (χ1v) is 7.25. The Morgan fingerprint density at radius 3 is 2.37 bits per heavy atom. The van der Waals surface area contributed by atoms with Crippen molar-refractivity contribution in [2.45, 2.75) is 51.1 Å². The summed E-state index contributed by atoms with van der Waals surface area (Å²) in [6.45, 7) is 3.94. The molecule has 1 unspecified atom stereocenters. The molecule has 1 amide bonds. The van der Waals surface area contributed by atoms with Gasteiger partial charge in [-0.2, -0.15) is 0 Å². The highest BCUT2D eigenvalue weighted by Crippen LogP contribution is 2.41. The maximum absolute atomic E-state index is 12.4. The highest BCUT2D eigenvalue weighted by atomic mass is 16.2. The number of carbonyl (C=O) groups is 1. The average Bonchev–Trinajstić information content (AvgIpc) is 3.29. The van der Waals surface area contributed by atoms with Gasteiger partial charge in [0.25, 0.3) is 0 Å². The fraction of sp³-hybridized carbons (Fsp3) is 0.562. The van der Waals surface area contributed by atoms with E-state index in [1.54, 1.807) is 0 Å². The molecule has 1 aromatic carbocycles. The van der Waals surface area contributed by atoms with Crippen molar-refractivity contribution >= 4 is 5.91 Å². The summed E-state index contributed by atoms with van der Waals surface area (Å²) in [6, 6.07) is 10.3. The van der Waals surface area contributed by atoms with E-state index in [1.165, 1.54) is 18.4 Å². The summed E-state index contributed by atoms with van der Waals surface area (Å²) in [5.74, 6) is 0.558. The quantitative estimate of drug-likeness (QED) is 0.826. The maximum Gasteiger partial charge on any atom is 0.240 e. The van der Waals surface area contributed by atoms with Crippen molar-refractivity contribution in [2.24, 2.45) is 11.7 Å². The Balaban J connectivity index is 2.12. The summed E-state index contributed by atoms with van der Waals surface area (Å²) in [5.41, 5.74) is 6.63. The second kappa shape index (κ2) is 5.74. The van der Waals surface area contributed by atoms with Crippen LogP contribution in [-0.4, -0.2) is 11.4 Å². The van der Waals surface area contributed by atoms with E-state index >= 15 is 0 Å². The molecule has 1 fully saturated rings. The lowest BCUT2D eigenvalue weighted by Crippen LogP contribution is -2.54. The molecule has 0 saturated heterocycles. The zero-order valence-electron chi connectivity index (χ0n) is 11.9. The van der Waals surface area contributed by atoms with Crippen LogP contribution < -0.4 is 11.1 Å². The number of hydrogen-bond donors (Lipinski definition) is 2. The van der Waals surface area contributed by atoms with Crippen LogP contribution in [0, 0.1) is 5.92 Å². The number of nitrogens with two attached hydrogens (primary N) is 1. The van der Waals surface area contributed by atoms with Crippen LogP contribution in [0.3, 0.4) is 0 Å². The Hall–Kier alpha value is -1.35. The van der Waals surface area contributed by atoms with E-state index in [1.807, 2.05) is 32.0 Å². The predicted octanol–water partition coefficient (Wildman–Crippen LogP) is 2.77. The van der Waals surface area contributed by atoms with Gasteiger partial charge in [-0.15, -0.1) is 0 Å². The second-order valence-electron chi connectivity index (χ2n) is 5.56. The molecule has 0 spiro atoms. The molecule has 0 heterocycles. The van der Waals surface area contributed by atoms with Gasteiger partial charge in [0.05, 0.1) is 11.6 Å². The van der Waals surface area contributed by atoms with E-state index in [0.717, 1.165) is 0 Å². The molecule has 1 atom stereocenters. The molecule has 1 aromatic rings. The van der Waals surface area contributed by atoms with E-state index < -0.39 is 5.54 Å². The van der Waals surface area contributed by atoms with Gasteiger partial charge in [0.1, 0.15) is 0 Å². The number of hydrogen-bond acceptors (Lipinski definition) is 2. The molecule has 3 nitrogen and oxygen atoms in total. The summed E-state index contributed by atoms with van der Waals surface area (Å²) in [5, 5.41) is 3.17. The molecular weight excluding hydrogens is 236 g/mol. The second-order valence-corrected chi connectivity index (χ2v) is 5.56. The number of nitrogens with one attached hydrogen (secondary N) is 1.